The molecular weight excluding hydrogens is 330 g/mol. The van der Waals surface area contributed by atoms with E-state index in [4.69, 9.17) is 4.74 Å². The molecule has 3 rings (SSSR count). The molecule has 0 saturated carbocycles. The standard InChI is InChI=1S/C16H19N3O4S/c1-12-9-15(19(18-12)13-7-8-24(21,22)11-13)17-16(20)10-23-14-5-3-2-4-6-14/h2-6,9,13H,7-8,10-11H2,1H3,(H,17,20)/t13-/m1/s1. The van der Waals surface area contributed by atoms with Crippen molar-refractivity contribution in [1.82, 2.24) is 9.78 Å². The second-order valence-corrected chi connectivity index (χ2v) is 8.05. The molecule has 1 aromatic carbocycles. The molecule has 1 atom stereocenters. The molecule has 7 nitrogen and oxygen atoms in total. The average molecular weight is 349 g/mol. The second-order valence-electron chi connectivity index (χ2n) is 5.82. The summed E-state index contributed by atoms with van der Waals surface area (Å²) < 4.78 is 30.3. The summed E-state index contributed by atoms with van der Waals surface area (Å²) in [5, 5.41) is 7.07. The van der Waals surface area contributed by atoms with Gasteiger partial charge in [0.2, 0.25) is 0 Å². The number of carbonyl (C=O) groups excluding carboxylic acids is 1. The first-order valence-corrected chi connectivity index (χ1v) is 9.49. The third kappa shape index (κ3) is 3.94. The van der Waals surface area contributed by atoms with Crippen LogP contribution in [0.5, 0.6) is 5.75 Å². The second kappa shape index (κ2) is 6.64. The van der Waals surface area contributed by atoms with Gasteiger partial charge in [0.15, 0.2) is 16.4 Å². The molecule has 0 aliphatic carbocycles. The number of aromatic nitrogens is 2. The first-order valence-electron chi connectivity index (χ1n) is 7.67. The van der Waals surface area contributed by atoms with Gasteiger partial charge in [-0.15, -0.1) is 0 Å². The number of ether oxygens (including phenoxy) is 1. The Balaban J connectivity index is 1.66. The molecule has 1 fully saturated rings. The van der Waals surface area contributed by atoms with E-state index in [0.717, 1.165) is 5.69 Å². The minimum atomic E-state index is -3.02. The highest BCUT2D eigenvalue weighted by atomic mass is 32.2. The van der Waals surface area contributed by atoms with Crippen molar-refractivity contribution in [2.75, 3.05) is 23.4 Å². The molecule has 2 heterocycles. The number of anilines is 1. The third-order valence-electron chi connectivity index (χ3n) is 3.79. The number of carbonyl (C=O) groups is 1. The Morgan fingerprint density at radius 3 is 2.79 bits per heavy atom. The van der Waals surface area contributed by atoms with E-state index in [0.29, 0.717) is 18.0 Å². The molecule has 1 aliphatic heterocycles. The van der Waals surface area contributed by atoms with Crippen molar-refractivity contribution in [3.8, 4) is 5.75 Å². The number of hydrogen-bond donors (Lipinski definition) is 1. The highest BCUT2D eigenvalue weighted by Gasteiger charge is 2.31. The van der Waals surface area contributed by atoms with Gasteiger partial charge in [-0.1, -0.05) is 18.2 Å². The minimum Gasteiger partial charge on any atom is -0.484 e. The van der Waals surface area contributed by atoms with Crippen LogP contribution in [0.4, 0.5) is 5.82 Å². The zero-order valence-electron chi connectivity index (χ0n) is 13.3. The smallest absolute Gasteiger partial charge is 0.263 e. The number of amides is 1. The van der Waals surface area contributed by atoms with Crippen LogP contribution in [0.2, 0.25) is 0 Å². The molecule has 1 aliphatic rings. The Hall–Kier alpha value is -2.35. The molecule has 128 valence electrons. The van der Waals surface area contributed by atoms with Crippen LogP contribution in [0.1, 0.15) is 18.2 Å². The van der Waals surface area contributed by atoms with Crippen molar-refractivity contribution >= 4 is 21.6 Å². The highest BCUT2D eigenvalue weighted by molar-refractivity contribution is 7.91. The third-order valence-corrected chi connectivity index (χ3v) is 5.54. The molecule has 1 aromatic heterocycles. The number of aryl methyl sites for hydroxylation is 1. The van der Waals surface area contributed by atoms with Crippen LogP contribution in [0.15, 0.2) is 36.4 Å². The maximum atomic E-state index is 12.1. The van der Waals surface area contributed by atoms with Gasteiger partial charge in [-0.3, -0.25) is 4.79 Å². The Bertz CT molecular complexity index is 830. The maximum absolute atomic E-state index is 12.1. The fraction of sp³-hybridized carbons (Fsp3) is 0.375. The normalized spacial score (nSPS) is 19.1. The van der Waals surface area contributed by atoms with E-state index in [9.17, 15) is 13.2 Å². The van der Waals surface area contributed by atoms with E-state index in [1.807, 2.05) is 18.2 Å². The van der Waals surface area contributed by atoms with Crippen LogP contribution < -0.4 is 10.1 Å². The van der Waals surface area contributed by atoms with Crippen molar-refractivity contribution in [3.63, 3.8) is 0 Å². The molecule has 8 heteroatoms. The van der Waals surface area contributed by atoms with Gasteiger partial charge in [0.1, 0.15) is 11.6 Å². The van der Waals surface area contributed by atoms with Crippen molar-refractivity contribution in [1.29, 1.82) is 0 Å². The maximum Gasteiger partial charge on any atom is 0.263 e. The van der Waals surface area contributed by atoms with Gasteiger partial charge in [-0.2, -0.15) is 5.10 Å². The lowest BCUT2D eigenvalue weighted by atomic mass is 10.3. The summed E-state index contributed by atoms with van der Waals surface area (Å²) in [4.78, 5) is 12.1. The van der Waals surface area contributed by atoms with Crippen LogP contribution >= 0.6 is 0 Å². The van der Waals surface area contributed by atoms with Gasteiger partial charge in [-0.25, -0.2) is 13.1 Å². The fourth-order valence-electron chi connectivity index (χ4n) is 2.70. The average Bonchev–Trinajstić information content (AvgIpc) is 3.08. The lowest BCUT2D eigenvalue weighted by Gasteiger charge is -2.14. The predicted molar refractivity (Wildman–Crippen MR) is 89.8 cm³/mol. The molecule has 24 heavy (non-hydrogen) atoms. The molecule has 0 unspecified atom stereocenters. The van der Waals surface area contributed by atoms with Crippen LogP contribution in [-0.4, -0.2) is 42.2 Å². The Labute approximate surface area is 140 Å². The molecule has 1 N–H and O–H groups in total. The van der Waals surface area contributed by atoms with Crippen molar-refractivity contribution in [3.05, 3.63) is 42.1 Å². The largest absolute Gasteiger partial charge is 0.484 e. The number of hydrogen-bond acceptors (Lipinski definition) is 5. The zero-order valence-corrected chi connectivity index (χ0v) is 14.1. The van der Waals surface area contributed by atoms with Gasteiger partial charge >= 0.3 is 0 Å². The van der Waals surface area contributed by atoms with Gasteiger partial charge < -0.3 is 10.1 Å². The van der Waals surface area contributed by atoms with E-state index in [-0.39, 0.29) is 30.1 Å². The summed E-state index contributed by atoms with van der Waals surface area (Å²) in [6.45, 7) is 1.67. The van der Waals surface area contributed by atoms with Gasteiger partial charge in [0, 0.05) is 6.07 Å². The molecule has 2 aromatic rings. The number of nitrogens with zero attached hydrogens (tertiary/aromatic N) is 2. The molecule has 1 saturated heterocycles. The van der Waals surface area contributed by atoms with E-state index >= 15 is 0 Å². The summed E-state index contributed by atoms with van der Waals surface area (Å²) in [5.41, 5.74) is 0.721. The molecular formula is C16H19N3O4S. The first kappa shape index (κ1) is 16.5. The summed E-state index contributed by atoms with van der Waals surface area (Å²) >= 11 is 0. The zero-order chi connectivity index (χ0) is 17.2. The topological polar surface area (TPSA) is 90.3 Å². The van der Waals surface area contributed by atoms with E-state index in [1.54, 1.807) is 29.8 Å². The van der Waals surface area contributed by atoms with Crippen molar-refractivity contribution in [2.45, 2.75) is 19.4 Å². The van der Waals surface area contributed by atoms with Crippen LogP contribution in [0.3, 0.4) is 0 Å². The van der Waals surface area contributed by atoms with Crippen LogP contribution in [-0.2, 0) is 14.6 Å². The Morgan fingerprint density at radius 2 is 2.12 bits per heavy atom. The Morgan fingerprint density at radius 1 is 1.38 bits per heavy atom. The number of para-hydroxylation sites is 1. The quantitative estimate of drug-likeness (QED) is 0.885. The lowest BCUT2D eigenvalue weighted by molar-refractivity contribution is -0.118. The SMILES string of the molecule is Cc1cc(NC(=O)COc2ccccc2)n([C@@H]2CCS(=O)(=O)C2)n1. The van der Waals surface area contributed by atoms with E-state index in [2.05, 4.69) is 10.4 Å². The predicted octanol–water partition coefficient (Wildman–Crippen LogP) is 1.57. The monoisotopic (exact) mass is 349 g/mol. The van der Waals surface area contributed by atoms with Crippen LogP contribution in [0.25, 0.3) is 0 Å². The number of nitrogens with one attached hydrogen (secondary N) is 1. The molecule has 0 radical (unpaired) electrons. The van der Waals surface area contributed by atoms with Gasteiger partial charge in [0.05, 0.1) is 23.2 Å². The van der Waals surface area contributed by atoms with Crippen LogP contribution in [0, 0.1) is 6.92 Å². The summed E-state index contributed by atoms with van der Waals surface area (Å²) in [6, 6.07) is 10.5. The van der Waals surface area contributed by atoms with Gasteiger partial charge in [0.25, 0.3) is 5.91 Å². The fourth-order valence-corrected chi connectivity index (χ4v) is 4.39. The first-order chi connectivity index (χ1) is 11.4. The lowest BCUT2D eigenvalue weighted by Crippen LogP contribution is -2.23. The Kier molecular flexibility index (Phi) is 4.57. The van der Waals surface area contributed by atoms with E-state index in [1.165, 1.54) is 0 Å². The molecule has 1 amide bonds. The number of rotatable bonds is 5. The van der Waals surface area contributed by atoms with Crippen molar-refractivity contribution in [2.24, 2.45) is 0 Å². The molecule has 0 bridgehead atoms. The summed E-state index contributed by atoms with van der Waals surface area (Å²) in [6.07, 6.45) is 0.507. The summed E-state index contributed by atoms with van der Waals surface area (Å²) in [7, 11) is -3.02. The minimum absolute atomic E-state index is 0.0531. The summed E-state index contributed by atoms with van der Waals surface area (Å²) in [5.74, 6) is 0.995. The van der Waals surface area contributed by atoms with Gasteiger partial charge in [-0.05, 0) is 25.5 Å². The number of benzene rings is 1. The van der Waals surface area contributed by atoms with Crippen molar-refractivity contribution < 1.29 is 17.9 Å². The molecule has 0 spiro atoms. The van der Waals surface area contributed by atoms with E-state index < -0.39 is 9.84 Å². The number of sulfone groups is 1. The highest BCUT2D eigenvalue weighted by Crippen LogP contribution is 2.27.